The third kappa shape index (κ3) is 1.83. The summed E-state index contributed by atoms with van der Waals surface area (Å²) >= 11 is 0. The van der Waals surface area contributed by atoms with E-state index < -0.39 is 5.60 Å². The molecule has 0 aromatic carbocycles. The van der Waals surface area contributed by atoms with Crippen LogP contribution in [-0.4, -0.2) is 10.7 Å². The number of allylic oxidation sites excluding steroid dienone is 1. The maximum absolute atomic E-state index is 9.41. The highest BCUT2D eigenvalue weighted by atomic mass is 16.3. The van der Waals surface area contributed by atoms with Crippen molar-refractivity contribution >= 4 is 0 Å². The molecule has 1 N–H and O–H groups in total. The standard InChI is InChI=1S/C8H14O/c1-7-3-5-8(2,9)6-4-7/h3,5,7,9H,4,6H2,1-2H3/t7-,8-/m1/s1. The minimum Gasteiger partial charge on any atom is -0.386 e. The molecule has 0 amide bonds. The summed E-state index contributed by atoms with van der Waals surface area (Å²) in [6.07, 6.45) is 6.01. The lowest BCUT2D eigenvalue weighted by molar-refractivity contribution is 0.0893. The van der Waals surface area contributed by atoms with Crippen molar-refractivity contribution in [1.29, 1.82) is 0 Å². The van der Waals surface area contributed by atoms with Crippen LogP contribution in [0.15, 0.2) is 12.2 Å². The SMILES string of the molecule is C[C@@H]1C=C[C@@](C)(O)CC1. The Kier molecular flexibility index (Phi) is 1.62. The van der Waals surface area contributed by atoms with E-state index in [2.05, 4.69) is 13.0 Å². The normalized spacial score (nSPS) is 43.2. The zero-order valence-electron chi connectivity index (χ0n) is 6.09. The molecule has 9 heavy (non-hydrogen) atoms. The van der Waals surface area contributed by atoms with Crippen LogP contribution in [0.2, 0.25) is 0 Å². The Morgan fingerprint density at radius 2 is 2.33 bits per heavy atom. The van der Waals surface area contributed by atoms with Crippen molar-refractivity contribution in [3.05, 3.63) is 12.2 Å². The second-order valence-corrected chi connectivity index (χ2v) is 3.23. The maximum Gasteiger partial charge on any atom is 0.0800 e. The van der Waals surface area contributed by atoms with E-state index in [9.17, 15) is 5.11 Å². The Hall–Kier alpha value is -0.300. The molecule has 1 aliphatic carbocycles. The van der Waals surface area contributed by atoms with Gasteiger partial charge < -0.3 is 5.11 Å². The minimum atomic E-state index is -0.521. The summed E-state index contributed by atoms with van der Waals surface area (Å²) in [5.41, 5.74) is -0.521. The van der Waals surface area contributed by atoms with E-state index in [0.717, 1.165) is 12.8 Å². The molecule has 0 heterocycles. The first-order valence-corrected chi connectivity index (χ1v) is 3.52. The van der Waals surface area contributed by atoms with E-state index in [4.69, 9.17) is 0 Å². The summed E-state index contributed by atoms with van der Waals surface area (Å²) < 4.78 is 0. The van der Waals surface area contributed by atoms with Gasteiger partial charge in [-0.25, -0.2) is 0 Å². The lowest BCUT2D eigenvalue weighted by Gasteiger charge is -2.25. The Morgan fingerprint density at radius 1 is 1.67 bits per heavy atom. The van der Waals surface area contributed by atoms with E-state index in [-0.39, 0.29) is 0 Å². The van der Waals surface area contributed by atoms with Crippen LogP contribution >= 0.6 is 0 Å². The average molecular weight is 126 g/mol. The van der Waals surface area contributed by atoms with Gasteiger partial charge >= 0.3 is 0 Å². The summed E-state index contributed by atoms with van der Waals surface area (Å²) in [4.78, 5) is 0. The van der Waals surface area contributed by atoms with Crippen molar-refractivity contribution in [3.63, 3.8) is 0 Å². The smallest absolute Gasteiger partial charge is 0.0800 e. The van der Waals surface area contributed by atoms with E-state index in [1.807, 2.05) is 13.0 Å². The monoisotopic (exact) mass is 126 g/mol. The van der Waals surface area contributed by atoms with Crippen LogP contribution in [-0.2, 0) is 0 Å². The number of hydrogen-bond donors (Lipinski definition) is 1. The molecule has 0 aromatic heterocycles. The molecule has 1 nitrogen and oxygen atoms in total. The van der Waals surface area contributed by atoms with Crippen molar-refractivity contribution in [2.45, 2.75) is 32.3 Å². The molecule has 1 aliphatic rings. The van der Waals surface area contributed by atoms with Crippen LogP contribution in [0.4, 0.5) is 0 Å². The van der Waals surface area contributed by atoms with Gasteiger partial charge in [-0.1, -0.05) is 19.1 Å². The van der Waals surface area contributed by atoms with E-state index in [1.54, 1.807) is 0 Å². The summed E-state index contributed by atoms with van der Waals surface area (Å²) in [6.45, 7) is 4.03. The van der Waals surface area contributed by atoms with Gasteiger partial charge in [-0.05, 0) is 25.7 Å². The topological polar surface area (TPSA) is 20.2 Å². The van der Waals surface area contributed by atoms with Gasteiger partial charge in [-0.3, -0.25) is 0 Å². The van der Waals surface area contributed by atoms with E-state index in [0.29, 0.717) is 5.92 Å². The zero-order chi connectivity index (χ0) is 6.91. The van der Waals surface area contributed by atoms with E-state index >= 15 is 0 Å². The second kappa shape index (κ2) is 2.14. The molecule has 0 radical (unpaired) electrons. The van der Waals surface area contributed by atoms with Crippen LogP contribution in [0.5, 0.6) is 0 Å². The highest BCUT2D eigenvalue weighted by Crippen LogP contribution is 2.24. The lowest BCUT2D eigenvalue weighted by atomic mass is 9.88. The first kappa shape index (κ1) is 6.81. The average Bonchev–Trinajstić information content (AvgIpc) is 1.78. The Labute approximate surface area is 56.4 Å². The van der Waals surface area contributed by atoms with E-state index in [1.165, 1.54) is 0 Å². The fourth-order valence-electron chi connectivity index (χ4n) is 1.07. The van der Waals surface area contributed by atoms with Crippen LogP contribution in [0.1, 0.15) is 26.7 Å². The third-order valence-electron chi connectivity index (χ3n) is 1.89. The van der Waals surface area contributed by atoms with Crippen molar-refractivity contribution in [2.24, 2.45) is 5.92 Å². The van der Waals surface area contributed by atoms with Gasteiger partial charge in [0, 0.05) is 0 Å². The van der Waals surface area contributed by atoms with Gasteiger partial charge in [0.25, 0.3) is 0 Å². The fraction of sp³-hybridized carbons (Fsp3) is 0.750. The molecule has 2 atom stereocenters. The molecule has 0 unspecified atom stereocenters. The highest BCUT2D eigenvalue weighted by Gasteiger charge is 2.20. The molecule has 0 saturated carbocycles. The molecule has 0 aliphatic heterocycles. The summed E-state index contributed by atoms with van der Waals surface area (Å²) in [7, 11) is 0. The van der Waals surface area contributed by atoms with Crippen molar-refractivity contribution in [1.82, 2.24) is 0 Å². The number of rotatable bonds is 0. The molecule has 0 saturated heterocycles. The molecule has 0 spiro atoms. The molecule has 0 bridgehead atoms. The van der Waals surface area contributed by atoms with Crippen LogP contribution in [0.3, 0.4) is 0 Å². The molecule has 1 heteroatoms. The van der Waals surface area contributed by atoms with Gasteiger partial charge in [0.05, 0.1) is 5.60 Å². The van der Waals surface area contributed by atoms with Crippen LogP contribution < -0.4 is 0 Å². The van der Waals surface area contributed by atoms with Crippen molar-refractivity contribution < 1.29 is 5.11 Å². The van der Waals surface area contributed by atoms with Gasteiger partial charge in [-0.15, -0.1) is 0 Å². The quantitative estimate of drug-likeness (QED) is 0.490. The first-order valence-electron chi connectivity index (χ1n) is 3.52. The Morgan fingerprint density at radius 3 is 2.67 bits per heavy atom. The molecule has 0 fully saturated rings. The van der Waals surface area contributed by atoms with Gasteiger partial charge in [0.15, 0.2) is 0 Å². The molecule has 0 aromatic rings. The predicted octanol–water partition coefficient (Wildman–Crippen LogP) is 1.72. The largest absolute Gasteiger partial charge is 0.386 e. The minimum absolute atomic E-state index is 0.521. The third-order valence-corrected chi connectivity index (χ3v) is 1.89. The molecule has 1 rings (SSSR count). The van der Waals surface area contributed by atoms with Gasteiger partial charge in [-0.2, -0.15) is 0 Å². The van der Waals surface area contributed by atoms with Crippen LogP contribution in [0, 0.1) is 5.92 Å². The van der Waals surface area contributed by atoms with Gasteiger partial charge in [0.1, 0.15) is 0 Å². The summed E-state index contributed by atoms with van der Waals surface area (Å²) in [6, 6.07) is 0. The Balaban J connectivity index is 2.58. The second-order valence-electron chi connectivity index (χ2n) is 3.23. The van der Waals surface area contributed by atoms with Crippen molar-refractivity contribution in [2.75, 3.05) is 0 Å². The fourth-order valence-corrected chi connectivity index (χ4v) is 1.07. The zero-order valence-corrected chi connectivity index (χ0v) is 6.09. The molecular formula is C8H14O. The number of hydrogen-bond acceptors (Lipinski definition) is 1. The van der Waals surface area contributed by atoms with Gasteiger partial charge in [0.2, 0.25) is 0 Å². The summed E-state index contributed by atoms with van der Waals surface area (Å²) in [5, 5.41) is 9.41. The number of aliphatic hydroxyl groups is 1. The first-order chi connectivity index (χ1) is 4.10. The summed E-state index contributed by atoms with van der Waals surface area (Å²) in [5.74, 6) is 0.658. The predicted molar refractivity (Wildman–Crippen MR) is 38.2 cm³/mol. The highest BCUT2D eigenvalue weighted by molar-refractivity contribution is 5.04. The van der Waals surface area contributed by atoms with Crippen LogP contribution in [0.25, 0.3) is 0 Å². The lowest BCUT2D eigenvalue weighted by Crippen LogP contribution is -2.24. The maximum atomic E-state index is 9.41. The van der Waals surface area contributed by atoms with Crippen molar-refractivity contribution in [3.8, 4) is 0 Å². The molecular weight excluding hydrogens is 112 g/mol. The Bertz CT molecular complexity index is 125. The molecule has 52 valence electrons.